The standard InChI is InChI=1S/C19H17Cl2N7O3S/c1-10(11-2-5-15-16(6-11)31-9-30-15)24-25-18-26-27-19(28(18)22)32-8-17(29)23-14-7-12(20)3-4-13(14)21/h2-7H,8-9,22H2,1H3,(H,23,29)(H,25,26)/b24-10+. The predicted molar refractivity (Wildman–Crippen MR) is 124 cm³/mol. The number of halogens is 2. The molecule has 3 aromatic rings. The summed E-state index contributed by atoms with van der Waals surface area (Å²) in [5.41, 5.74) is 4.72. The number of carbonyl (C=O) groups excluding carboxylic acids is 1. The van der Waals surface area contributed by atoms with Crippen molar-refractivity contribution in [3.63, 3.8) is 0 Å². The van der Waals surface area contributed by atoms with Gasteiger partial charge in [0.15, 0.2) is 11.5 Å². The first kappa shape index (κ1) is 22.1. The predicted octanol–water partition coefficient (Wildman–Crippen LogP) is 3.59. The topological polar surface area (TPSA) is 129 Å². The van der Waals surface area contributed by atoms with E-state index < -0.39 is 0 Å². The van der Waals surface area contributed by atoms with Gasteiger partial charge in [0.05, 0.1) is 22.2 Å². The van der Waals surface area contributed by atoms with Crippen LogP contribution in [0.1, 0.15) is 12.5 Å². The van der Waals surface area contributed by atoms with E-state index in [1.165, 1.54) is 4.68 Å². The van der Waals surface area contributed by atoms with Gasteiger partial charge >= 0.3 is 0 Å². The van der Waals surface area contributed by atoms with E-state index in [-0.39, 0.29) is 24.4 Å². The van der Waals surface area contributed by atoms with Crippen molar-refractivity contribution >= 4 is 58.2 Å². The molecule has 166 valence electrons. The van der Waals surface area contributed by atoms with Crippen molar-refractivity contribution in [1.29, 1.82) is 0 Å². The Morgan fingerprint density at radius 3 is 2.88 bits per heavy atom. The second-order valence-electron chi connectivity index (χ2n) is 6.51. The second-order valence-corrected chi connectivity index (χ2v) is 8.30. The zero-order valence-electron chi connectivity index (χ0n) is 16.6. The fourth-order valence-corrected chi connectivity index (χ4v) is 3.67. The summed E-state index contributed by atoms with van der Waals surface area (Å²) in [4.78, 5) is 12.2. The molecule has 1 aliphatic rings. The van der Waals surface area contributed by atoms with Crippen LogP contribution in [0.2, 0.25) is 10.0 Å². The first-order valence-corrected chi connectivity index (χ1v) is 10.9. The maximum atomic E-state index is 12.2. The molecular formula is C19H17Cl2N7O3S. The molecule has 4 rings (SSSR count). The molecule has 0 aliphatic carbocycles. The third-order valence-corrected chi connectivity index (χ3v) is 5.82. The lowest BCUT2D eigenvalue weighted by Gasteiger charge is -2.07. The van der Waals surface area contributed by atoms with Crippen molar-refractivity contribution in [2.75, 3.05) is 29.1 Å². The van der Waals surface area contributed by atoms with E-state index in [4.69, 9.17) is 38.5 Å². The van der Waals surface area contributed by atoms with Gasteiger partial charge in [0.25, 0.3) is 5.95 Å². The summed E-state index contributed by atoms with van der Waals surface area (Å²) in [5.74, 6) is 7.33. The van der Waals surface area contributed by atoms with E-state index in [1.54, 1.807) is 18.2 Å². The fourth-order valence-electron chi connectivity index (χ4n) is 2.68. The first-order valence-electron chi connectivity index (χ1n) is 9.19. The number of thioether (sulfide) groups is 1. The number of hydrazone groups is 1. The van der Waals surface area contributed by atoms with E-state index >= 15 is 0 Å². The normalized spacial score (nSPS) is 12.7. The highest BCUT2D eigenvalue weighted by molar-refractivity contribution is 7.99. The number of rotatable bonds is 7. The molecule has 0 saturated carbocycles. The van der Waals surface area contributed by atoms with Gasteiger partial charge in [0, 0.05) is 10.6 Å². The number of nitrogen functional groups attached to an aromatic ring is 1. The smallest absolute Gasteiger partial charge is 0.264 e. The number of benzene rings is 2. The monoisotopic (exact) mass is 493 g/mol. The van der Waals surface area contributed by atoms with E-state index in [9.17, 15) is 4.79 Å². The van der Waals surface area contributed by atoms with Gasteiger partial charge in [-0.05, 0) is 43.3 Å². The summed E-state index contributed by atoms with van der Waals surface area (Å²) < 4.78 is 11.9. The highest BCUT2D eigenvalue weighted by Crippen LogP contribution is 2.32. The Labute approximate surface area is 197 Å². The van der Waals surface area contributed by atoms with E-state index in [1.807, 2.05) is 25.1 Å². The molecule has 0 radical (unpaired) electrons. The minimum absolute atomic E-state index is 0.0394. The number of fused-ring (bicyclic) bond motifs is 1. The molecule has 4 N–H and O–H groups in total. The molecular weight excluding hydrogens is 477 g/mol. The SMILES string of the molecule is C/C(=N\Nc1nnc(SCC(=O)Nc2cc(Cl)ccc2Cl)n1N)c1ccc2c(c1)OCO2. The molecule has 0 atom stereocenters. The van der Waals surface area contributed by atoms with Crippen LogP contribution < -0.4 is 26.1 Å². The number of hydrogen-bond acceptors (Lipinski definition) is 9. The van der Waals surface area contributed by atoms with Crippen LogP contribution in [0.4, 0.5) is 11.6 Å². The number of amides is 1. The highest BCUT2D eigenvalue weighted by atomic mass is 35.5. The summed E-state index contributed by atoms with van der Waals surface area (Å²) in [7, 11) is 0. The Kier molecular flexibility index (Phi) is 6.58. The van der Waals surface area contributed by atoms with Crippen molar-refractivity contribution in [1.82, 2.24) is 14.9 Å². The molecule has 1 aliphatic heterocycles. The summed E-state index contributed by atoms with van der Waals surface area (Å²) in [6, 6.07) is 10.3. The number of nitrogens with zero attached hydrogens (tertiary/aromatic N) is 4. The number of hydrogen-bond donors (Lipinski definition) is 3. The van der Waals surface area contributed by atoms with E-state index in [0.717, 1.165) is 17.3 Å². The summed E-state index contributed by atoms with van der Waals surface area (Å²) >= 11 is 13.1. The van der Waals surface area contributed by atoms with Gasteiger partial charge in [-0.2, -0.15) is 5.10 Å². The highest BCUT2D eigenvalue weighted by Gasteiger charge is 2.15. The molecule has 0 bridgehead atoms. The quantitative estimate of drug-likeness (QED) is 0.197. The van der Waals surface area contributed by atoms with Crippen molar-refractivity contribution in [3.05, 3.63) is 52.0 Å². The van der Waals surface area contributed by atoms with Crippen LogP contribution in [0.3, 0.4) is 0 Å². The third kappa shape index (κ3) is 5.01. The molecule has 2 aromatic carbocycles. The van der Waals surface area contributed by atoms with Gasteiger partial charge in [0.1, 0.15) is 0 Å². The molecule has 1 aromatic heterocycles. The van der Waals surface area contributed by atoms with Crippen LogP contribution in [0.15, 0.2) is 46.7 Å². The lowest BCUT2D eigenvalue weighted by Crippen LogP contribution is -2.17. The van der Waals surface area contributed by atoms with Crippen LogP contribution in [-0.2, 0) is 4.79 Å². The van der Waals surface area contributed by atoms with Crippen LogP contribution in [0, 0.1) is 0 Å². The van der Waals surface area contributed by atoms with Crippen LogP contribution in [0.25, 0.3) is 0 Å². The van der Waals surface area contributed by atoms with Crippen LogP contribution in [0.5, 0.6) is 11.5 Å². The Balaban J connectivity index is 1.35. The zero-order chi connectivity index (χ0) is 22.7. The van der Waals surface area contributed by atoms with Gasteiger partial charge in [-0.25, -0.2) is 10.1 Å². The second kappa shape index (κ2) is 9.55. The number of nitrogens with two attached hydrogens (primary N) is 1. The third-order valence-electron chi connectivity index (χ3n) is 4.31. The Bertz CT molecular complexity index is 1200. The van der Waals surface area contributed by atoms with Crippen molar-refractivity contribution in [2.45, 2.75) is 12.1 Å². The van der Waals surface area contributed by atoms with Crippen LogP contribution in [-0.4, -0.2) is 39.0 Å². The van der Waals surface area contributed by atoms with Crippen molar-refractivity contribution in [2.24, 2.45) is 5.10 Å². The van der Waals surface area contributed by atoms with Crippen molar-refractivity contribution < 1.29 is 14.3 Å². The lowest BCUT2D eigenvalue weighted by atomic mass is 10.1. The number of aromatic nitrogens is 3. The maximum absolute atomic E-state index is 12.2. The number of carbonyl (C=O) groups is 1. The maximum Gasteiger partial charge on any atom is 0.264 e. The molecule has 10 nitrogen and oxygen atoms in total. The molecule has 0 fully saturated rings. The van der Waals surface area contributed by atoms with Gasteiger partial charge in [-0.15, -0.1) is 10.2 Å². The van der Waals surface area contributed by atoms with Gasteiger partial charge < -0.3 is 20.6 Å². The number of anilines is 2. The van der Waals surface area contributed by atoms with Gasteiger partial charge in [0.2, 0.25) is 17.9 Å². The first-order chi connectivity index (χ1) is 15.4. The average Bonchev–Trinajstić information content (AvgIpc) is 3.39. The molecule has 32 heavy (non-hydrogen) atoms. The lowest BCUT2D eigenvalue weighted by molar-refractivity contribution is -0.113. The Hall–Kier alpha value is -3.15. The average molecular weight is 494 g/mol. The minimum atomic E-state index is -0.298. The molecule has 2 heterocycles. The largest absolute Gasteiger partial charge is 0.454 e. The van der Waals surface area contributed by atoms with Gasteiger partial charge in [-0.3, -0.25) is 4.79 Å². The molecule has 0 unspecified atom stereocenters. The van der Waals surface area contributed by atoms with Crippen LogP contribution >= 0.6 is 35.0 Å². The van der Waals surface area contributed by atoms with E-state index in [0.29, 0.717) is 38.1 Å². The van der Waals surface area contributed by atoms with Crippen molar-refractivity contribution in [3.8, 4) is 11.5 Å². The Morgan fingerprint density at radius 1 is 1.22 bits per heavy atom. The number of nitrogens with one attached hydrogen (secondary N) is 2. The molecule has 1 amide bonds. The molecule has 0 saturated heterocycles. The van der Waals surface area contributed by atoms with E-state index in [2.05, 4.69) is 26.0 Å². The zero-order valence-corrected chi connectivity index (χ0v) is 19.0. The molecule has 0 spiro atoms. The minimum Gasteiger partial charge on any atom is -0.454 e. The fraction of sp³-hybridized carbons (Fsp3) is 0.158. The number of ether oxygens (including phenoxy) is 2. The summed E-state index contributed by atoms with van der Waals surface area (Å²) in [5, 5.41) is 16.1. The molecule has 13 heteroatoms. The summed E-state index contributed by atoms with van der Waals surface area (Å²) in [6.07, 6.45) is 0. The Morgan fingerprint density at radius 2 is 2.03 bits per heavy atom. The summed E-state index contributed by atoms with van der Waals surface area (Å²) in [6.45, 7) is 2.02. The van der Waals surface area contributed by atoms with Gasteiger partial charge in [-0.1, -0.05) is 35.0 Å².